The molecule has 15 heavy (non-hydrogen) atoms. The van der Waals surface area contributed by atoms with Crippen molar-refractivity contribution in [3.63, 3.8) is 0 Å². The molecule has 0 amide bonds. The molecule has 2 rings (SSSR count). The molecule has 2 heterocycles. The molecule has 0 atom stereocenters. The minimum Gasteiger partial charge on any atom is -0.396 e. The maximum Gasteiger partial charge on any atom is 0.156 e. The number of nitrogen functional groups attached to an aromatic ring is 1. The Bertz CT molecular complexity index is 479. The monoisotopic (exact) mass is 223 g/mol. The first-order chi connectivity index (χ1) is 7.15. The highest BCUT2D eigenvalue weighted by Crippen LogP contribution is 2.21. The van der Waals surface area contributed by atoms with Gasteiger partial charge in [0.25, 0.3) is 0 Å². The largest absolute Gasteiger partial charge is 0.396 e. The third kappa shape index (κ3) is 2.19. The first kappa shape index (κ1) is 9.79. The topological polar surface area (TPSA) is 68.8 Å². The Morgan fingerprint density at radius 2 is 2.20 bits per heavy atom. The number of halogens is 1. The van der Waals surface area contributed by atoms with Crippen molar-refractivity contribution in [1.82, 2.24) is 14.8 Å². The number of aromatic nitrogens is 3. The quantitative estimate of drug-likeness (QED) is 0.762. The standard InChI is InChI=1S/C9H10ClN5/c1-15-5-4-8(14-15)13-9-6(11)2-3-7(10)12-9/h2-5H,11H2,1H3,(H,12,13,14). The van der Waals surface area contributed by atoms with E-state index in [2.05, 4.69) is 15.4 Å². The van der Waals surface area contributed by atoms with Crippen molar-refractivity contribution < 1.29 is 0 Å². The number of hydrogen-bond acceptors (Lipinski definition) is 4. The molecule has 0 unspecified atom stereocenters. The lowest BCUT2D eigenvalue weighted by atomic mass is 10.4. The zero-order valence-electron chi connectivity index (χ0n) is 8.11. The van der Waals surface area contributed by atoms with E-state index in [-0.39, 0.29) is 0 Å². The van der Waals surface area contributed by atoms with Crippen LogP contribution in [0.15, 0.2) is 24.4 Å². The molecule has 0 saturated carbocycles. The van der Waals surface area contributed by atoms with E-state index >= 15 is 0 Å². The zero-order chi connectivity index (χ0) is 10.8. The lowest BCUT2D eigenvalue weighted by Gasteiger charge is -2.05. The Balaban J connectivity index is 2.27. The number of anilines is 3. The first-order valence-corrected chi connectivity index (χ1v) is 4.71. The lowest BCUT2D eigenvalue weighted by molar-refractivity contribution is 0.771. The fraction of sp³-hybridized carbons (Fsp3) is 0.111. The fourth-order valence-electron chi connectivity index (χ4n) is 1.15. The molecule has 6 heteroatoms. The number of rotatable bonds is 2. The second-order valence-electron chi connectivity index (χ2n) is 3.07. The minimum atomic E-state index is 0.391. The number of pyridine rings is 1. The van der Waals surface area contributed by atoms with E-state index in [1.807, 2.05) is 19.3 Å². The highest BCUT2D eigenvalue weighted by molar-refractivity contribution is 6.29. The summed E-state index contributed by atoms with van der Waals surface area (Å²) in [6.45, 7) is 0. The van der Waals surface area contributed by atoms with Crippen molar-refractivity contribution in [1.29, 1.82) is 0 Å². The average Bonchev–Trinajstić information content (AvgIpc) is 2.58. The van der Waals surface area contributed by atoms with Crippen LogP contribution in [0.2, 0.25) is 5.15 Å². The number of aryl methyl sites for hydroxylation is 1. The van der Waals surface area contributed by atoms with Crippen molar-refractivity contribution in [2.75, 3.05) is 11.1 Å². The molecule has 0 bridgehead atoms. The van der Waals surface area contributed by atoms with Crippen molar-refractivity contribution in [3.05, 3.63) is 29.5 Å². The Labute approximate surface area is 91.9 Å². The summed E-state index contributed by atoms with van der Waals surface area (Å²) in [5, 5.41) is 7.52. The van der Waals surface area contributed by atoms with E-state index in [1.54, 1.807) is 16.8 Å². The smallest absolute Gasteiger partial charge is 0.156 e. The molecule has 0 aromatic carbocycles. The maximum atomic E-state index is 5.76. The van der Waals surface area contributed by atoms with Gasteiger partial charge >= 0.3 is 0 Å². The van der Waals surface area contributed by atoms with E-state index < -0.39 is 0 Å². The van der Waals surface area contributed by atoms with Gasteiger partial charge in [-0.1, -0.05) is 11.6 Å². The van der Waals surface area contributed by atoms with Crippen LogP contribution in [0.25, 0.3) is 0 Å². The van der Waals surface area contributed by atoms with Gasteiger partial charge in [0.2, 0.25) is 0 Å². The summed E-state index contributed by atoms with van der Waals surface area (Å²) in [6.07, 6.45) is 1.82. The number of nitrogens with one attached hydrogen (secondary N) is 1. The summed E-state index contributed by atoms with van der Waals surface area (Å²) in [5.74, 6) is 1.19. The SMILES string of the molecule is Cn1ccc(Nc2nc(Cl)ccc2N)n1. The second-order valence-corrected chi connectivity index (χ2v) is 3.46. The molecule has 0 spiro atoms. The first-order valence-electron chi connectivity index (χ1n) is 4.34. The van der Waals surface area contributed by atoms with Crippen molar-refractivity contribution >= 4 is 28.9 Å². The normalized spacial score (nSPS) is 10.3. The van der Waals surface area contributed by atoms with E-state index in [1.165, 1.54) is 0 Å². The van der Waals surface area contributed by atoms with Crippen molar-refractivity contribution in [2.24, 2.45) is 7.05 Å². The summed E-state index contributed by atoms with van der Waals surface area (Å²) in [4.78, 5) is 4.06. The molecule has 0 fully saturated rings. The maximum absolute atomic E-state index is 5.76. The van der Waals surface area contributed by atoms with Crippen LogP contribution in [0, 0.1) is 0 Å². The number of nitrogens with two attached hydrogens (primary N) is 1. The van der Waals surface area contributed by atoms with Crippen LogP contribution in [0.5, 0.6) is 0 Å². The highest BCUT2D eigenvalue weighted by atomic mass is 35.5. The Morgan fingerprint density at radius 1 is 1.40 bits per heavy atom. The molecular weight excluding hydrogens is 214 g/mol. The molecule has 5 nitrogen and oxygen atoms in total. The van der Waals surface area contributed by atoms with E-state index in [0.29, 0.717) is 22.5 Å². The number of nitrogens with zero attached hydrogens (tertiary/aromatic N) is 3. The van der Waals surface area contributed by atoms with Crippen LogP contribution in [0.1, 0.15) is 0 Å². The second kappa shape index (κ2) is 3.78. The average molecular weight is 224 g/mol. The van der Waals surface area contributed by atoms with Crippen LogP contribution in [-0.4, -0.2) is 14.8 Å². The summed E-state index contributed by atoms with van der Waals surface area (Å²) in [5.41, 5.74) is 6.26. The zero-order valence-corrected chi connectivity index (χ0v) is 8.86. The molecule has 3 N–H and O–H groups in total. The molecule has 0 aliphatic heterocycles. The van der Waals surface area contributed by atoms with Gasteiger partial charge in [-0.15, -0.1) is 0 Å². The lowest BCUT2D eigenvalue weighted by Crippen LogP contribution is -2.00. The minimum absolute atomic E-state index is 0.391. The van der Waals surface area contributed by atoms with E-state index in [0.717, 1.165) is 0 Å². The third-order valence-corrected chi connectivity index (χ3v) is 2.06. The van der Waals surface area contributed by atoms with Gasteiger partial charge in [-0.3, -0.25) is 4.68 Å². The molecule has 2 aromatic heterocycles. The van der Waals surface area contributed by atoms with Crippen LogP contribution >= 0.6 is 11.6 Å². The summed E-state index contributed by atoms with van der Waals surface area (Å²) >= 11 is 5.76. The molecule has 0 aliphatic carbocycles. The van der Waals surface area contributed by atoms with Crippen LogP contribution in [0.4, 0.5) is 17.3 Å². The predicted molar refractivity (Wildman–Crippen MR) is 60.2 cm³/mol. The van der Waals surface area contributed by atoms with E-state index in [4.69, 9.17) is 17.3 Å². The van der Waals surface area contributed by atoms with Gasteiger partial charge in [-0.05, 0) is 12.1 Å². The van der Waals surface area contributed by atoms with Crippen LogP contribution in [-0.2, 0) is 7.05 Å². The van der Waals surface area contributed by atoms with Gasteiger partial charge in [0.05, 0.1) is 5.69 Å². The van der Waals surface area contributed by atoms with Crippen molar-refractivity contribution in [2.45, 2.75) is 0 Å². The molecular formula is C9H10ClN5. The molecule has 0 saturated heterocycles. The van der Waals surface area contributed by atoms with Gasteiger partial charge in [-0.25, -0.2) is 4.98 Å². The van der Waals surface area contributed by atoms with Gasteiger partial charge in [0, 0.05) is 19.3 Å². The van der Waals surface area contributed by atoms with Gasteiger partial charge in [0.1, 0.15) is 5.15 Å². The molecule has 0 aliphatic rings. The third-order valence-electron chi connectivity index (χ3n) is 1.85. The van der Waals surface area contributed by atoms with E-state index in [9.17, 15) is 0 Å². The predicted octanol–water partition coefficient (Wildman–Crippen LogP) is 1.79. The van der Waals surface area contributed by atoms with Gasteiger partial charge < -0.3 is 11.1 Å². The Morgan fingerprint density at radius 3 is 2.87 bits per heavy atom. The number of hydrogen-bond donors (Lipinski definition) is 2. The Kier molecular flexibility index (Phi) is 2.47. The van der Waals surface area contributed by atoms with Gasteiger partial charge in [-0.2, -0.15) is 5.10 Å². The Hall–Kier alpha value is -1.75. The fourth-order valence-corrected chi connectivity index (χ4v) is 1.30. The summed E-state index contributed by atoms with van der Waals surface area (Å²) < 4.78 is 1.68. The summed E-state index contributed by atoms with van der Waals surface area (Å²) in [6, 6.07) is 5.16. The van der Waals surface area contributed by atoms with Crippen molar-refractivity contribution in [3.8, 4) is 0 Å². The highest BCUT2D eigenvalue weighted by Gasteiger charge is 2.03. The molecule has 0 radical (unpaired) electrons. The molecule has 78 valence electrons. The van der Waals surface area contributed by atoms with Crippen LogP contribution < -0.4 is 11.1 Å². The summed E-state index contributed by atoms with van der Waals surface area (Å²) in [7, 11) is 1.83. The molecule has 2 aromatic rings. The van der Waals surface area contributed by atoms with Gasteiger partial charge in [0.15, 0.2) is 11.6 Å². The van der Waals surface area contributed by atoms with Crippen LogP contribution in [0.3, 0.4) is 0 Å².